The summed E-state index contributed by atoms with van der Waals surface area (Å²) in [4.78, 5) is 5.85. The average Bonchev–Trinajstić information content (AvgIpc) is 2.42. The molecule has 0 aliphatic carbocycles. The van der Waals surface area contributed by atoms with Crippen molar-refractivity contribution in [2.75, 3.05) is 36.5 Å². The number of aliphatic hydroxyl groups is 1. The van der Waals surface area contributed by atoms with E-state index in [0.717, 1.165) is 18.9 Å². The highest BCUT2D eigenvalue weighted by Crippen LogP contribution is 2.26. The van der Waals surface area contributed by atoms with E-state index < -0.39 is 11.6 Å². The number of nitrogens with one attached hydrogen (secondary N) is 1. The van der Waals surface area contributed by atoms with Gasteiger partial charge in [-0.25, -0.2) is 13.8 Å². The lowest BCUT2D eigenvalue weighted by Crippen LogP contribution is -2.36. The standard InChI is InChI=1S/C13H19F2N3O/c1-2-16-12-10(14)7-11(15)13(17-12)18-5-3-9(8-19)4-6-18/h7,9,19H,2-6,8H2,1H3,(H,16,17). The molecule has 1 fully saturated rings. The van der Waals surface area contributed by atoms with Crippen molar-refractivity contribution in [2.45, 2.75) is 19.8 Å². The Morgan fingerprint density at radius 1 is 1.37 bits per heavy atom. The van der Waals surface area contributed by atoms with E-state index in [2.05, 4.69) is 10.3 Å². The molecule has 0 bridgehead atoms. The van der Waals surface area contributed by atoms with Crippen molar-refractivity contribution in [1.82, 2.24) is 4.98 Å². The Labute approximate surface area is 111 Å². The number of nitrogens with zero attached hydrogens (tertiary/aromatic N) is 2. The van der Waals surface area contributed by atoms with E-state index in [9.17, 15) is 8.78 Å². The SMILES string of the molecule is CCNc1nc(N2CCC(CO)CC2)c(F)cc1F. The van der Waals surface area contributed by atoms with Gasteiger partial charge in [0.15, 0.2) is 23.3 Å². The van der Waals surface area contributed by atoms with E-state index in [1.165, 1.54) is 0 Å². The molecule has 4 nitrogen and oxygen atoms in total. The summed E-state index contributed by atoms with van der Waals surface area (Å²) in [6.45, 7) is 3.78. The summed E-state index contributed by atoms with van der Waals surface area (Å²) in [5.74, 6) is -0.764. The Morgan fingerprint density at radius 3 is 2.63 bits per heavy atom. The van der Waals surface area contributed by atoms with Crippen LogP contribution in [0.3, 0.4) is 0 Å². The molecule has 1 aliphatic rings. The third kappa shape index (κ3) is 3.12. The smallest absolute Gasteiger partial charge is 0.168 e. The van der Waals surface area contributed by atoms with E-state index in [1.807, 2.05) is 11.8 Å². The number of aliphatic hydroxyl groups excluding tert-OH is 1. The van der Waals surface area contributed by atoms with Gasteiger partial charge in [-0.1, -0.05) is 0 Å². The van der Waals surface area contributed by atoms with E-state index >= 15 is 0 Å². The molecular weight excluding hydrogens is 252 g/mol. The van der Waals surface area contributed by atoms with Crippen molar-refractivity contribution in [3.63, 3.8) is 0 Å². The van der Waals surface area contributed by atoms with Gasteiger partial charge in [-0.05, 0) is 25.7 Å². The summed E-state index contributed by atoms with van der Waals surface area (Å²) in [5.41, 5.74) is 0. The zero-order chi connectivity index (χ0) is 13.8. The maximum absolute atomic E-state index is 13.8. The maximum Gasteiger partial charge on any atom is 0.168 e. The fourth-order valence-corrected chi connectivity index (χ4v) is 2.30. The number of rotatable bonds is 4. The molecule has 106 valence electrons. The zero-order valence-electron chi connectivity index (χ0n) is 11.0. The van der Waals surface area contributed by atoms with Gasteiger partial charge in [-0.2, -0.15) is 0 Å². The van der Waals surface area contributed by atoms with Crippen LogP contribution in [-0.4, -0.2) is 36.3 Å². The number of anilines is 2. The molecule has 0 aromatic carbocycles. The lowest BCUT2D eigenvalue weighted by atomic mass is 9.98. The molecule has 0 atom stereocenters. The summed E-state index contributed by atoms with van der Waals surface area (Å²) >= 11 is 0. The van der Waals surface area contributed by atoms with Crippen LogP contribution in [0.15, 0.2) is 6.07 Å². The Balaban J connectivity index is 2.17. The molecule has 1 aliphatic heterocycles. The molecule has 2 N–H and O–H groups in total. The molecule has 19 heavy (non-hydrogen) atoms. The quantitative estimate of drug-likeness (QED) is 0.879. The van der Waals surface area contributed by atoms with Gasteiger partial charge in [0.05, 0.1) is 0 Å². The molecule has 2 heterocycles. The van der Waals surface area contributed by atoms with Crippen LogP contribution >= 0.6 is 0 Å². The van der Waals surface area contributed by atoms with Crippen LogP contribution in [0.5, 0.6) is 0 Å². The van der Waals surface area contributed by atoms with Crippen molar-refractivity contribution >= 4 is 11.6 Å². The second kappa shape index (κ2) is 6.14. The molecule has 0 radical (unpaired) electrons. The van der Waals surface area contributed by atoms with E-state index in [-0.39, 0.29) is 24.2 Å². The first kappa shape index (κ1) is 14.0. The van der Waals surface area contributed by atoms with Crippen LogP contribution in [0.2, 0.25) is 0 Å². The van der Waals surface area contributed by atoms with Crippen LogP contribution in [0, 0.1) is 17.6 Å². The van der Waals surface area contributed by atoms with Crippen LogP contribution in [-0.2, 0) is 0 Å². The summed E-state index contributed by atoms with van der Waals surface area (Å²) in [5, 5.41) is 11.9. The Morgan fingerprint density at radius 2 is 2.05 bits per heavy atom. The lowest BCUT2D eigenvalue weighted by Gasteiger charge is -2.32. The van der Waals surface area contributed by atoms with E-state index in [0.29, 0.717) is 19.6 Å². The first-order valence-corrected chi connectivity index (χ1v) is 6.61. The van der Waals surface area contributed by atoms with Gasteiger partial charge in [0, 0.05) is 32.3 Å². The number of hydrogen-bond acceptors (Lipinski definition) is 4. The third-order valence-electron chi connectivity index (χ3n) is 3.43. The minimum Gasteiger partial charge on any atom is -0.396 e. The van der Waals surface area contributed by atoms with Gasteiger partial charge in [0.1, 0.15) is 0 Å². The van der Waals surface area contributed by atoms with Crippen LogP contribution in [0.25, 0.3) is 0 Å². The lowest BCUT2D eigenvalue weighted by molar-refractivity contribution is 0.202. The summed E-state index contributed by atoms with van der Waals surface area (Å²) in [6.07, 6.45) is 1.59. The fraction of sp³-hybridized carbons (Fsp3) is 0.615. The first-order valence-electron chi connectivity index (χ1n) is 6.61. The normalized spacial score (nSPS) is 16.7. The van der Waals surface area contributed by atoms with Crippen molar-refractivity contribution < 1.29 is 13.9 Å². The molecule has 0 spiro atoms. The van der Waals surface area contributed by atoms with Gasteiger partial charge in [0.25, 0.3) is 0 Å². The summed E-state index contributed by atoms with van der Waals surface area (Å²) in [6, 6.07) is 0.873. The van der Waals surface area contributed by atoms with Crippen LogP contribution in [0.4, 0.5) is 20.4 Å². The molecule has 1 aromatic heterocycles. The molecule has 0 unspecified atom stereocenters. The average molecular weight is 271 g/mol. The molecule has 0 amide bonds. The molecule has 2 rings (SSSR count). The second-order valence-electron chi connectivity index (χ2n) is 4.77. The van der Waals surface area contributed by atoms with Crippen molar-refractivity contribution in [2.24, 2.45) is 5.92 Å². The van der Waals surface area contributed by atoms with Gasteiger partial charge < -0.3 is 15.3 Å². The van der Waals surface area contributed by atoms with Gasteiger partial charge in [0.2, 0.25) is 0 Å². The number of hydrogen-bond donors (Lipinski definition) is 2. The van der Waals surface area contributed by atoms with E-state index in [4.69, 9.17) is 5.11 Å². The van der Waals surface area contributed by atoms with Gasteiger partial charge >= 0.3 is 0 Å². The minimum atomic E-state index is -0.673. The Bertz CT molecular complexity index is 434. The number of pyridine rings is 1. The van der Waals surface area contributed by atoms with Crippen LogP contribution < -0.4 is 10.2 Å². The Hall–Kier alpha value is -1.43. The number of halogens is 2. The second-order valence-corrected chi connectivity index (χ2v) is 4.77. The third-order valence-corrected chi connectivity index (χ3v) is 3.43. The predicted octanol–water partition coefficient (Wildman–Crippen LogP) is 2.00. The summed E-state index contributed by atoms with van der Waals surface area (Å²) in [7, 11) is 0. The van der Waals surface area contributed by atoms with Gasteiger partial charge in [-0.15, -0.1) is 0 Å². The molecule has 6 heteroatoms. The van der Waals surface area contributed by atoms with Gasteiger partial charge in [-0.3, -0.25) is 0 Å². The molecule has 0 saturated carbocycles. The first-order chi connectivity index (χ1) is 9.15. The zero-order valence-corrected chi connectivity index (χ0v) is 11.0. The van der Waals surface area contributed by atoms with E-state index in [1.54, 1.807) is 0 Å². The topological polar surface area (TPSA) is 48.4 Å². The highest BCUT2D eigenvalue weighted by molar-refractivity contribution is 5.49. The molecule has 1 saturated heterocycles. The summed E-state index contributed by atoms with van der Waals surface area (Å²) < 4.78 is 27.3. The minimum absolute atomic E-state index is 0.0863. The number of piperidine rings is 1. The highest BCUT2D eigenvalue weighted by atomic mass is 19.1. The molecule has 1 aromatic rings. The predicted molar refractivity (Wildman–Crippen MR) is 70.3 cm³/mol. The van der Waals surface area contributed by atoms with Crippen molar-refractivity contribution in [1.29, 1.82) is 0 Å². The Kier molecular flexibility index (Phi) is 4.52. The highest BCUT2D eigenvalue weighted by Gasteiger charge is 2.23. The van der Waals surface area contributed by atoms with Crippen molar-refractivity contribution in [3.05, 3.63) is 17.7 Å². The molecular formula is C13H19F2N3O. The fourth-order valence-electron chi connectivity index (χ4n) is 2.30. The number of aromatic nitrogens is 1. The van der Waals surface area contributed by atoms with Crippen LogP contribution in [0.1, 0.15) is 19.8 Å². The monoisotopic (exact) mass is 271 g/mol. The van der Waals surface area contributed by atoms with Crippen molar-refractivity contribution in [3.8, 4) is 0 Å². The largest absolute Gasteiger partial charge is 0.396 e. The maximum atomic E-state index is 13.8.